The summed E-state index contributed by atoms with van der Waals surface area (Å²) in [6.07, 6.45) is -2.09. The first-order valence-electron chi connectivity index (χ1n) is 8.64. The second-order valence-corrected chi connectivity index (χ2v) is 6.44. The maximum Gasteiger partial charge on any atom is 0.335 e. The lowest BCUT2D eigenvalue weighted by Crippen LogP contribution is -2.50. The molecule has 3 aliphatic heterocycles. The van der Waals surface area contributed by atoms with E-state index in [9.17, 15) is 19.5 Å². The van der Waals surface area contributed by atoms with Gasteiger partial charge in [0.2, 0.25) is 0 Å². The topological polar surface area (TPSA) is 176 Å². The number of aliphatic hydroxyl groups excluding tert-OH is 3. The van der Waals surface area contributed by atoms with Crippen LogP contribution >= 0.6 is 0 Å². The molecule has 0 aliphatic carbocycles. The van der Waals surface area contributed by atoms with Crippen molar-refractivity contribution in [1.82, 2.24) is 4.90 Å². The van der Waals surface area contributed by atoms with E-state index in [1.54, 1.807) is 30.3 Å². The summed E-state index contributed by atoms with van der Waals surface area (Å²) in [5.41, 5.74) is 0.331. The first kappa shape index (κ1) is 23.5. The predicted molar refractivity (Wildman–Crippen MR) is 95.9 cm³/mol. The molecule has 6 N–H and O–H groups in total. The van der Waals surface area contributed by atoms with E-state index in [-0.39, 0.29) is 6.10 Å². The van der Waals surface area contributed by atoms with Gasteiger partial charge in [-0.15, -0.1) is 0 Å². The lowest BCUT2D eigenvalue weighted by atomic mass is 9.86. The number of carbonyl (C=O) groups is 3. The monoisotopic (exact) mass is 399 g/mol. The van der Waals surface area contributed by atoms with Crippen LogP contribution in [0.5, 0.6) is 0 Å². The third kappa shape index (κ3) is 7.61. The van der Waals surface area contributed by atoms with Crippen LogP contribution in [0.25, 0.3) is 0 Å². The largest absolute Gasteiger partial charge is 0.479 e. The van der Waals surface area contributed by atoms with E-state index in [1.807, 2.05) is 0 Å². The second-order valence-electron chi connectivity index (χ2n) is 6.44. The summed E-state index contributed by atoms with van der Waals surface area (Å²) in [6, 6.07) is 8.30. The van der Waals surface area contributed by atoms with Crippen LogP contribution in [0.15, 0.2) is 30.3 Å². The summed E-state index contributed by atoms with van der Waals surface area (Å²) in [6.45, 7) is 3.38. The number of aliphatic hydroxyl groups is 3. The average molecular weight is 399 g/mol. The smallest absolute Gasteiger partial charge is 0.335 e. The summed E-state index contributed by atoms with van der Waals surface area (Å²) in [5.74, 6) is -3.78. The third-order valence-corrected chi connectivity index (χ3v) is 4.45. The van der Waals surface area contributed by atoms with E-state index in [0.29, 0.717) is 11.5 Å². The minimum absolute atomic E-state index is 0.00694. The highest BCUT2D eigenvalue weighted by atomic mass is 16.4. The molecule has 0 amide bonds. The molecule has 10 nitrogen and oxygen atoms in total. The molecule has 3 heterocycles. The molecule has 156 valence electrons. The maximum absolute atomic E-state index is 10.2. The molecular weight excluding hydrogens is 374 g/mol. The van der Waals surface area contributed by atoms with Gasteiger partial charge in [-0.1, -0.05) is 18.2 Å². The zero-order chi connectivity index (χ0) is 21.3. The number of piperidine rings is 3. The van der Waals surface area contributed by atoms with Crippen LogP contribution in [0.1, 0.15) is 23.2 Å². The summed E-state index contributed by atoms with van der Waals surface area (Å²) in [5, 5.41) is 50.3. The number of hydrogen-bond donors (Lipinski definition) is 6. The molecule has 2 bridgehead atoms. The van der Waals surface area contributed by atoms with Gasteiger partial charge in [-0.25, -0.2) is 14.4 Å². The summed E-state index contributed by atoms with van der Waals surface area (Å²) in [4.78, 5) is 32.1. The Kier molecular flexibility index (Phi) is 9.52. The highest BCUT2D eigenvalue weighted by molar-refractivity contribution is 5.87. The molecule has 3 saturated heterocycles. The normalized spacial score (nSPS) is 24.5. The number of nitrogens with zero attached hydrogens (tertiary/aromatic N) is 1. The minimum Gasteiger partial charge on any atom is -0.479 e. The quantitative estimate of drug-likeness (QED) is 0.381. The van der Waals surface area contributed by atoms with E-state index < -0.39 is 30.1 Å². The zero-order valence-corrected chi connectivity index (χ0v) is 15.1. The van der Waals surface area contributed by atoms with Gasteiger partial charge in [0.05, 0.1) is 11.7 Å². The molecule has 3 fully saturated rings. The second kappa shape index (κ2) is 11.3. The molecule has 3 atom stereocenters. The Morgan fingerprint density at radius 2 is 1.36 bits per heavy atom. The van der Waals surface area contributed by atoms with Crippen LogP contribution in [0.3, 0.4) is 0 Å². The fourth-order valence-electron chi connectivity index (χ4n) is 2.78. The Hall–Kier alpha value is -2.53. The number of fused-ring (bicyclic) bond motifs is 3. The lowest BCUT2D eigenvalue weighted by molar-refractivity contribution is -0.165. The van der Waals surface area contributed by atoms with Gasteiger partial charge in [0.25, 0.3) is 0 Å². The zero-order valence-electron chi connectivity index (χ0n) is 15.1. The minimum atomic E-state index is -2.27. The number of aliphatic carboxylic acids is 2. The number of hydrogen-bond acceptors (Lipinski definition) is 7. The molecule has 1 aromatic rings. The Labute approximate surface area is 161 Å². The van der Waals surface area contributed by atoms with Gasteiger partial charge < -0.3 is 35.5 Å². The molecule has 3 aliphatic rings. The van der Waals surface area contributed by atoms with Crippen molar-refractivity contribution in [2.24, 2.45) is 5.92 Å². The number of carboxylic acid groups (broad SMARTS) is 3. The Morgan fingerprint density at radius 3 is 1.57 bits per heavy atom. The van der Waals surface area contributed by atoms with Gasteiger partial charge in [-0.05, 0) is 44.0 Å². The van der Waals surface area contributed by atoms with Gasteiger partial charge >= 0.3 is 17.9 Å². The molecule has 1 aromatic carbocycles. The van der Waals surface area contributed by atoms with Crippen LogP contribution < -0.4 is 0 Å². The SMILES string of the molecule is O=C(O)C(O)C(O)C(=O)O.O=C(O)c1ccccc1.O[C@H]1CN2CCC1CC2. The van der Waals surface area contributed by atoms with Crippen molar-refractivity contribution >= 4 is 17.9 Å². The number of benzene rings is 1. The predicted octanol–water partition coefficient (Wildman–Crippen LogP) is -0.665. The molecule has 28 heavy (non-hydrogen) atoms. The molecule has 0 spiro atoms. The average Bonchev–Trinajstić information content (AvgIpc) is 2.69. The highest BCUT2D eigenvalue weighted by Gasteiger charge is 2.32. The third-order valence-electron chi connectivity index (χ3n) is 4.45. The van der Waals surface area contributed by atoms with Crippen molar-refractivity contribution < 1.29 is 45.0 Å². The van der Waals surface area contributed by atoms with Gasteiger partial charge in [0.1, 0.15) is 0 Å². The summed E-state index contributed by atoms with van der Waals surface area (Å²) >= 11 is 0. The van der Waals surface area contributed by atoms with Gasteiger partial charge in [0.15, 0.2) is 12.2 Å². The maximum atomic E-state index is 10.2. The molecule has 2 unspecified atom stereocenters. The molecule has 10 heteroatoms. The summed E-state index contributed by atoms with van der Waals surface area (Å²) < 4.78 is 0. The van der Waals surface area contributed by atoms with Crippen molar-refractivity contribution in [3.8, 4) is 0 Å². The molecule has 4 rings (SSSR count). The van der Waals surface area contributed by atoms with Crippen LogP contribution in [0, 0.1) is 5.92 Å². The Bertz CT molecular complexity index is 626. The molecule has 0 saturated carbocycles. The van der Waals surface area contributed by atoms with Gasteiger partial charge in [0, 0.05) is 6.54 Å². The van der Waals surface area contributed by atoms with Crippen molar-refractivity contribution in [1.29, 1.82) is 0 Å². The molecule has 0 aromatic heterocycles. The summed E-state index contributed by atoms with van der Waals surface area (Å²) in [7, 11) is 0. The first-order chi connectivity index (χ1) is 13.1. The van der Waals surface area contributed by atoms with E-state index in [0.717, 1.165) is 6.54 Å². The van der Waals surface area contributed by atoms with Crippen LogP contribution in [-0.4, -0.2) is 91.4 Å². The highest BCUT2D eigenvalue weighted by Crippen LogP contribution is 2.26. The van der Waals surface area contributed by atoms with Gasteiger partial charge in [-0.3, -0.25) is 0 Å². The fraction of sp³-hybridized carbons (Fsp3) is 0.500. The number of carboxylic acids is 3. The molecular formula is C18H25NO9. The standard InChI is InChI=1S/C7H13NO.C7H6O2.C4H6O6/c9-7-5-8-3-1-6(7)2-4-8;8-7(9)6-4-2-1-3-5-6;5-1(3(7)8)2(6)4(9)10/h6-7,9H,1-5H2;1-5H,(H,8,9);1-2,5-6H,(H,7,8)(H,9,10)/t7-;;/m0../s1. The Morgan fingerprint density at radius 1 is 0.893 bits per heavy atom. The van der Waals surface area contributed by atoms with Crippen LogP contribution in [0.2, 0.25) is 0 Å². The number of rotatable bonds is 4. The van der Waals surface area contributed by atoms with E-state index >= 15 is 0 Å². The van der Waals surface area contributed by atoms with Crippen molar-refractivity contribution in [2.75, 3.05) is 19.6 Å². The van der Waals surface area contributed by atoms with E-state index in [4.69, 9.17) is 25.5 Å². The lowest BCUT2D eigenvalue weighted by Gasteiger charge is -2.42. The van der Waals surface area contributed by atoms with Gasteiger partial charge in [-0.2, -0.15) is 0 Å². The van der Waals surface area contributed by atoms with Crippen molar-refractivity contribution in [3.05, 3.63) is 35.9 Å². The van der Waals surface area contributed by atoms with E-state index in [1.165, 1.54) is 25.9 Å². The Balaban J connectivity index is 0.000000210. The number of aromatic carboxylic acids is 1. The fourth-order valence-corrected chi connectivity index (χ4v) is 2.78. The first-order valence-corrected chi connectivity index (χ1v) is 8.64. The molecule has 0 radical (unpaired) electrons. The van der Waals surface area contributed by atoms with E-state index in [2.05, 4.69) is 4.90 Å². The van der Waals surface area contributed by atoms with Crippen molar-refractivity contribution in [2.45, 2.75) is 31.2 Å². The van der Waals surface area contributed by atoms with Crippen LogP contribution in [0.4, 0.5) is 0 Å². The van der Waals surface area contributed by atoms with Crippen LogP contribution in [-0.2, 0) is 9.59 Å². The van der Waals surface area contributed by atoms with Crippen molar-refractivity contribution in [3.63, 3.8) is 0 Å².